The molecule has 4 heterocycles. The van der Waals surface area contributed by atoms with Crippen molar-refractivity contribution in [2.75, 3.05) is 31.1 Å². The van der Waals surface area contributed by atoms with Crippen LogP contribution in [0.15, 0.2) is 18.5 Å². The number of nitrogens with one attached hydrogen (secondary N) is 1. The van der Waals surface area contributed by atoms with Crippen molar-refractivity contribution in [3.8, 4) is 11.3 Å². The van der Waals surface area contributed by atoms with Crippen LogP contribution in [0.25, 0.3) is 11.3 Å². The van der Waals surface area contributed by atoms with E-state index in [9.17, 15) is 4.79 Å². The van der Waals surface area contributed by atoms with Gasteiger partial charge in [-0.3, -0.25) is 9.89 Å². The third-order valence-corrected chi connectivity index (χ3v) is 7.10. The first-order valence-electron chi connectivity index (χ1n) is 11.7. The smallest absolute Gasteiger partial charge is 0.225 e. The molecule has 2 saturated heterocycles. The number of rotatable bonds is 5. The molecule has 1 atom stereocenters. The summed E-state index contributed by atoms with van der Waals surface area (Å²) in [6, 6.07) is 1.97. The fourth-order valence-electron chi connectivity index (χ4n) is 5.41. The molecule has 1 amide bonds. The van der Waals surface area contributed by atoms with Crippen molar-refractivity contribution in [2.45, 2.75) is 63.7 Å². The van der Waals surface area contributed by atoms with E-state index < -0.39 is 0 Å². The van der Waals surface area contributed by atoms with Crippen molar-refractivity contribution in [3.63, 3.8) is 0 Å². The number of amides is 1. The summed E-state index contributed by atoms with van der Waals surface area (Å²) in [5.74, 6) is 2.04. The van der Waals surface area contributed by atoms with Crippen LogP contribution in [0.1, 0.15) is 69.4 Å². The molecule has 0 aromatic carbocycles. The third-order valence-electron chi connectivity index (χ3n) is 7.10. The predicted molar refractivity (Wildman–Crippen MR) is 116 cm³/mol. The van der Waals surface area contributed by atoms with Gasteiger partial charge in [0.2, 0.25) is 11.9 Å². The molecule has 2 aromatic rings. The molecular formula is C23H32N6O. The number of hydrogen-bond donors (Lipinski definition) is 1. The number of hydrogen-bond acceptors (Lipinski definition) is 5. The molecular weight excluding hydrogens is 376 g/mol. The molecule has 7 heteroatoms. The fourth-order valence-corrected chi connectivity index (χ4v) is 5.41. The zero-order valence-electron chi connectivity index (χ0n) is 17.7. The SMILES string of the molecule is O=C(CC1CCCC1)N1CCC[C@H](c2[nH]ncc2-c2ccnc(N3CCCC3)n2)C1. The molecule has 30 heavy (non-hydrogen) atoms. The van der Waals surface area contributed by atoms with Crippen molar-refractivity contribution in [2.24, 2.45) is 5.92 Å². The third kappa shape index (κ3) is 4.07. The zero-order valence-corrected chi connectivity index (χ0v) is 17.7. The minimum atomic E-state index is 0.286. The molecule has 160 valence electrons. The van der Waals surface area contributed by atoms with Gasteiger partial charge >= 0.3 is 0 Å². The van der Waals surface area contributed by atoms with E-state index in [1.165, 1.54) is 38.5 Å². The molecule has 2 aliphatic heterocycles. The zero-order chi connectivity index (χ0) is 20.3. The van der Waals surface area contributed by atoms with Gasteiger partial charge < -0.3 is 9.80 Å². The maximum atomic E-state index is 12.9. The average molecular weight is 409 g/mol. The lowest BCUT2D eigenvalue weighted by molar-refractivity contribution is -0.133. The quantitative estimate of drug-likeness (QED) is 0.815. The van der Waals surface area contributed by atoms with Gasteiger partial charge in [0.25, 0.3) is 0 Å². The van der Waals surface area contributed by atoms with Crippen LogP contribution in [0.4, 0.5) is 5.95 Å². The highest BCUT2D eigenvalue weighted by Crippen LogP contribution is 2.34. The Morgan fingerprint density at radius 2 is 1.90 bits per heavy atom. The highest BCUT2D eigenvalue weighted by molar-refractivity contribution is 5.76. The molecule has 2 aromatic heterocycles. The minimum absolute atomic E-state index is 0.286. The van der Waals surface area contributed by atoms with Gasteiger partial charge in [0.1, 0.15) is 0 Å². The number of carbonyl (C=O) groups excluding carboxylic acids is 1. The molecule has 0 spiro atoms. The average Bonchev–Trinajstić information content (AvgIpc) is 3.56. The standard InChI is InChI=1S/C23H32N6O/c30-21(14-17-6-1-2-7-17)29-13-5-8-18(16-29)22-19(15-25-27-22)20-9-10-24-23(26-20)28-11-3-4-12-28/h9-10,15,17-18H,1-8,11-14,16H2,(H,25,27)/t18-/m0/s1. The van der Waals surface area contributed by atoms with Crippen LogP contribution >= 0.6 is 0 Å². The van der Waals surface area contributed by atoms with E-state index in [1.807, 2.05) is 18.5 Å². The summed E-state index contributed by atoms with van der Waals surface area (Å²) in [7, 11) is 0. The predicted octanol–water partition coefficient (Wildman–Crippen LogP) is 3.75. The van der Waals surface area contributed by atoms with E-state index in [2.05, 4.69) is 25.0 Å². The number of anilines is 1. The molecule has 0 radical (unpaired) electrons. The minimum Gasteiger partial charge on any atom is -0.342 e. The summed E-state index contributed by atoms with van der Waals surface area (Å²) in [6.45, 7) is 3.73. The topological polar surface area (TPSA) is 78.0 Å². The van der Waals surface area contributed by atoms with Gasteiger partial charge in [-0.2, -0.15) is 5.10 Å². The lowest BCUT2D eigenvalue weighted by Gasteiger charge is -2.33. The Kier molecular flexibility index (Phi) is 5.69. The van der Waals surface area contributed by atoms with Gasteiger partial charge in [-0.25, -0.2) is 9.97 Å². The van der Waals surface area contributed by atoms with Gasteiger partial charge in [-0.1, -0.05) is 12.8 Å². The highest BCUT2D eigenvalue weighted by atomic mass is 16.2. The second kappa shape index (κ2) is 8.74. The van der Waals surface area contributed by atoms with Crippen LogP contribution < -0.4 is 4.90 Å². The molecule has 0 bridgehead atoms. The van der Waals surface area contributed by atoms with Gasteiger partial charge in [-0.05, 0) is 50.5 Å². The van der Waals surface area contributed by atoms with Crippen molar-refractivity contribution in [3.05, 3.63) is 24.2 Å². The summed E-state index contributed by atoms with van der Waals surface area (Å²) in [4.78, 5) is 26.6. The van der Waals surface area contributed by atoms with E-state index in [4.69, 9.17) is 4.98 Å². The van der Waals surface area contributed by atoms with Gasteiger partial charge in [0.05, 0.1) is 11.9 Å². The Balaban J connectivity index is 1.31. The normalized spacial score (nSPS) is 22.7. The molecule has 5 rings (SSSR count). The van der Waals surface area contributed by atoms with Crippen molar-refractivity contribution < 1.29 is 4.79 Å². The van der Waals surface area contributed by atoms with Crippen molar-refractivity contribution in [1.82, 2.24) is 25.1 Å². The lowest BCUT2D eigenvalue weighted by atomic mass is 9.91. The highest BCUT2D eigenvalue weighted by Gasteiger charge is 2.30. The Morgan fingerprint density at radius 1 is 1.07 bits per heavy atom. The summed E-state index contributed by atoms with van der Waals surface area (Å²) in [6.07, 6.45) is 14.0. The van der Waals surface area contributed by atoms with Crippen LogP contribution in [-0.2, 0) is 4.79 Å². The van der Waals surface area contributed by atoms with Gasteiger partial charge in [0, 0.05) is 56.0 Å². The molecule has 1 aliphatic carbocycles. The van der Waals surface area contributed by atoms with Crippen LogP contribution in [0.5, 0.6) is 0 Å². The molecule has 0 unspecified atom stereocenters. The number of aromatic amines is 1. The van der Waals surface area contributed by atoms with Gasteiger partial charge in [-0.15, -0.1) is 0 Å². The molecule has 1 N–H and O–H groups in total. The number of H-pyrrole nitrogens is 1. The van der Waals surface area contributed by atoms with Crippen LogP contribution in [0, 0.1) is 5.92 Å². The lowest BCUT2D eigenvalue weighted by Crippen LogP contribution is -2.39. The first-order chi connectivity index (χ1) is 14.8. The van der Waals surface area contributed by atoms with E-state index in [0.717, 1.165) is 68.3 Å². The molecule has 7 nitrogen and oxygen atoms in total. The number of piperidine rings is 1. The number of likely N-dealkylation sites (tertiary alicyclic amines) is 1. The monoisotopic (exact) mass is 408 g/mol. The Bertz CT molecular complexity index is 868. The first-order valence-corrected chi connectivity index (χ1v) is 11.7. The molecule has 1 saturated carbocycles. The van der Waals surface area contributed by atoms with Crippen molar-refractivity contribution in [1.29, 1.82) is 0 Å². The van der Waals surface area contributed by atoms with E-state index in [1.54, 1.807) is 0 Å². The van der Waals surface area contributed by atoms with Gasteiger partial charge in [0.15, 0.2) is 0 Å². The Labute approximate surface area is 178 Å². The Morgan fingerprint density at radius 3 is 2.73 bits per heavy atom. The van der Waals surface area contributed by atoms with Crippen LogP contribution in [-0.4, -0.2) is 57.2 Å². The summed E-state index contributed by atoms with van der Waals surface area (Å²) in [5, 5.41) is 7.59. The summed E-state index contributed by atoms with van der Waals surface area (Å²) in [5.41, 5.74) is 3.08. The summed E-state index contributed by atoms with van der Waals surface area (Å²) >= 11 is 0. The number of nitrogens with zero attached hydrogens (tertiary/aromatic N) is 5. The largest absolute Gasteiger partial charge is 0.342 e. The Hall–Kier alpha value is -2.44. The number of carbonyl (C=O) groups is 1. The molecule has 3 fully saturated rings. The number of aromatic nitrogens is 4. The molecule has 3 aliphatic rings. The first kappa shape index (κ1) is 19.5. The van der Waals surface area contributed by atoms with Crippen LogP contribution in [0.3, 0.4) is 0 Å². The van der Waals surface area contributed by atoms with Crippen LogP contribution in [0.2, 0.25) is 0 Å². The fraction of sp³-hybridized carbons (Fsp3) is 0.652. The summed E-state index contributed by atoms with van der Waals surface area (Å²) < 4.78 is 0. The second-order valence-electron chi connectivity index (χ2n) is 9.17. The van der Waals surface area contributed by atoms with E-state index in [-0.39, 0.29) is 5.92 Å². The van der Waals surface area contributed by atoms with E-state index >= 15 is 0 Å². The maximum absolute atomic E-state index is 12.9. The van der Waals surface area contributed by atoms with E-state index in [0.29, 0.717) is 11.8 Å². The second-order valence-corrected chi connectivity index (χ2v) is 9.17. The van der Waals surface area contributed by atoms with Crippen molar-refractivity contribution >= 4 is 11.9 Å². The maximum Gasteiger partial charge on any atom is 0.225 e.